The van der Waals surface area contributed by atoms with Gasteiger partial charge in [-0.25, -0.2) is 0 Å². The minimum atomic E-state index is -0.454. The molecule has 1 heterocycles. The van der Waals surface area contributed by atoms with Crippen LogP contribution in [0.5, 0.6) is 0 Å². The van der Waals surface area contributed by atoms with Crippen molar-refractivity contribution in [1.82, 2.24) is 10.2 Å². The van der Waals surface area contributed by atoms with Gasteiger partial charge in [0.1, 0.15) is 0 Å². The summed E-state index contributed by atoms with van der Waals surface area (Å²) in [5.41, 5.74) is 1.86. The lowest BCUT2D eigenvalue weighted by atomic mass is 9.82. The first-order valence-corrected chi connectivity index (χ1v) is 7.01. The van der Waals surface area contributed by atoms with E-state index in [1.54, 1.807) is 0 Å². The molecule has 3 nitrogen and oxygen atoms in total. The van der Waals surface area contributed by atoms with Crippen LogP contribution in [0.2, 0.25) is 0 Å². The first-order valence-electron chi connectivity index (χ1n) is 7.01. The van der Waals surface area contributed by atoms with Gasteiger partial charge in [-0.3, -0.25) is 4.79 Å². The van der Waals surface area contributed by atoms with Crippen molar-refractivity contribution in [2.24, 2.45) is 0 Å². The molecule has 1 aromatic carbocycles. The maximum Gasteiger partial charge on any atom is 0.232 e. The molecule has 19 heavy (non-hydrogen) atoms. The molecule has 1 aromatic rings. The van der Waals surface area contributed by atoms with Crippen LogP contribution in [0.1, 0.15) is 31.9 Å². The first-order chi connectivity index (χ1) is 8.91. The van der Waals surface area contributed by atoms with Gasteiger partial charge in [0.05, 0.1) is 5.41 Å². The van der Waals surface area contributed by atoms with Gasteiger partial charge in [-0.1, -0.05) is 29.8 Å². The molecule has 0 radical (unpaired) electrons. The van der Waals surface area contributed by atoms with Gasteiger partial charge in [0.2, 0.25) is 5.91 Å². The highest BCUT2D eigenvalue weighted by Gasteiger charge is 2.35. The Kier molecular flexibility index (Phi) is 3.95. The molecule has 104 valence electrons. The summed E-state index contributed by atoms with van der Waals surface area (Å²) in [4.78, 5) is 14.7. The van der Waals surface area contributed by atoms with Gasteiger partial charge in [-0.05, 0) is 33.3 Å². The number of hydrogen-bond acceptors (Lipinski definition) is 2. The fraction of sp³-hybridized carbons (Fsp3) is 0.562. The van der Waals surface area contributed by atoms with Gasteiger partial charge in [0.25, 0.3) is 0 Å². The second kappa shape index (κ2) is 5.33. The highest BCUT2D eigenvalue weighted by molar-refractivity contribution is 5.87. The summed E-state index contributed by atoms with van der Waals surface area (Å²) < 4.78 is 0. The normalized spacial score (nSPS) is 20.4. The maximum absolute atomic E-state index is 12.7. The Morgan fingerprint density at radius 2 is 1.95 bits per heavy atom. The number of aryl methyl sites for hydroxylation is 1. The Hall–Kier alpha value is -1.35. The Morgan fingerprint density at radius 1 is 1.32 bits per heavy atom. The van der Waals surface area contributed by atoms with Crippen LogP contribution >= 0.6 is 0 Å². The van der Waals surface area contributed by atoms with Gasteiger partial charge in [0, 0.05) is 25.7 Å². The van der Waals surface area contributed by atoms with Crippen LogP contribution in [0, 0.1) is 6.92 Å². The van der Waals surface area contributed by atoms with Crippen molar-refractivity contribution in [2.45, 2.75) is 39.2 Å². The van der Waals surface area contributed by atoms with Crippen molar-refractivity contribution >= 4 is 5.91 Å². The number of benzene rings is 1. The Bertz CT molecular complexity index is 450. The summed E-state index contributed by atoms with van der Waals surface area (Å²) in [5.74, 6) is 0.227. The van der Waals surface area contributed by atoms with Crippen LogP contribution in [0.3, 0.4) is 0 Å². The van der Waals surface area contributed by atoms with E-state index in [2.05, 4.69) is 43.4 Å². The van der Waals surface area contributed by atoms with Crippen molar-refractivity contribution in [1.29, 1.82) is 0 Å². The Balaban J connectivity index is 2.18. The number of carbonyl (C=O) groups is 1. The predicted molar refractivity (Wildman–Crippen MR) is 78.2 cm³/mol. The minimum absolute atomic E-state index is 0.227. The van der Waals surface area contributed by atoms with E-state index in [1.807, 2.05) is 18.7 Å². The van der Waals surface area contributed by atoms with Crippen molar-refractivity contribution in [3.05, 3.63) is 35.4 Å². The lowest BCUT2D eigenvalue weighted by Gasteiger charge is -2.37. The third kappa shape index (κ3) is 2.98. The summed E-state index contributed by atoms with van der Waals surface area (Å²) in [6.45, 7) is 10.7. The summed E-state index contributed by atoms with van der Waals surface area (Å²) in [6.07, 6.45) is 0. The molecule has 1 N–H and O–H groups in total. The summed E-state index contributed by atoms with van der Waals surface area (Å²) in [6, 6.07) is 8.67. The zero-order valence-corrected chi connectivity index (χ0v) is 12.4. The summed E-state index contributed by atoms with van der Waals surface area (Å²) >= 11 is 0. The molecule has 1 fully saturated rings. The molecule has 0 aliphatic carbocycles. The van der Waals surface area contributed by atoms with E-state index in [-0.39, 0.29) is 5.91 Å². The quantitative estimate of drug-likeness (QED) is 0.883. The lowest BCUT2D eigenvalue weighted by Crippen LogP contribution is -2.55. The molecule has 1 saturated heterocycles. The van der Waals surface area contributed by atoms with Crippen LogP contribution < -0.4 is 5.32 Å². The molecule has 0 spiro atoms. The number of rotatable bonds is 2. The smallest absolute Gasteiger partial charge is 0.232 e. The van der Waals surface area contributed by atoms with Gasteiger partial charge in [0.15, 0.2) is 0 Å². The van der Waals surface area contributed by atoms with Crippen LogP contribution in [0.25, 0.3) is 0 Å². The van der Waals surface area contributed by atoms with Crippen molar-refractivity contribution < 1.29 is 4.79 Å². The second-order valence-electron chi connectivity index (χ2n) is 6.10. The second-order valence-corrected chi connectivity index (χ2v) is 6.10. The van der Waals surface area contributed by atoms with Crippen LogP contribution in [-0.4, -0.2) is 36.5 Å². The van der Waals surface area contributed by atoms with Crippen LogP contribution in [-0.2, 0) is 10.2 Å². The van der Waals surface area contributed by atoms with Gasteiger partial charge in [-0.2, -0.15) is 0 Å². The monoisotopic (exact) mass is 260 g/mol. The molecule has 0 aromatic heterocycles. The van der Waals surface area contributed by atoms with Crippen molar-refractivity contribution in [2.75, 3.05) is 19.6 Å². The van der Waals surface area contributed by atoms with E-state index < -0.39 is 5.41 Å². The molecule has 1 atom stereocenters. The number of nitrogens with zero attached hydrogens (tertiary/aromatic N) is 1. The topological polar surface area (TPSA) is 32.3 Å². The molecule has 2 rings (SSSR count). The average molecular weight is 260 g/mol. The van der Waals surface area contributed by atoms with Crippen LogP contribution in [0.15, 0.2) is 24.3 Å². The molecule has 1 aliphatic rings. The zero-order valence-electron chi connectivity index (χ0n) is 12.4. The van der Waals surface area contributed by atoms with E-state index in [1.165, 1.54) is 5.56 Å². The Morgan fingerprint density at radius 3 is 2.53 bits per heavy atom. The standard InChI is InChI=1S/C16H24N2O/c1-12-5-7-14(8-6-12)16(3,4)15(19)18-10-9-17-13(2)11-18/h5-8,13,17H,9-11H2,1-4H3/t13-/m0/s1. The fourth-order valence-electron chi connectivity index (χ4n) is 2.61. The fourth-order valence-corrected chi connectivity index (χ4v) is 2.61. The summed E-state index contributed by atoms with van der Waals surface area (Å²) in [7, 11) is 0. The number of amides is 1. The number of nitrogens with one attached hydrogen (secondary N) is 1. The molecular formula is C16H24N2O. The molecule has 0 saturated carbocycles. The molecular weight excluding hydrogens is 236 g/mol. The molecule has 1 amide bonds. The molecule has 3 heteroatoms. The highest BCUT2D eigenvalue weighted by Crippen LogP contribution is 2.26. The van der Waals surface area contributed by atoms with Crippen molar-refractivity contribution in [3.63, 3.8) is 0 Å². The van der Waals surface area contributed by atoms with E-state index in [4.69, 9.17) is 0 Å². The number of hydrogen-bond donors (Lipinski definition) is 1. The average Bonchev–Trinajstić information content (AvgIpc) is 2.38. The lowest BCUT2D eigenvalue weighted by molar-refractivity contribution is -0.137. The van der Waals surface area contributed by atoms with Gasteiger partial charge >= 0.3 is 0 Å². The zero-order chi connectivity index (χ0) is 14.0. The summed E-state index contributed by atoms with van der Waals surface area (Å²) in [5, 5.41) is 3.37. The van der Waals surface area contributed by atoms with Crippen molar-refractivity contribution in [3.8, 4) is 0 Å². The first kappa shape index (κ1) is 14.1. The third-order valence-corrected chi connectivity index (χ3v) is 3.96. The number of carbonyl (C=O) groups excluding carboxylic acids is 1. The maximum atomic E-state index is 12.7. The van der Waals surface area contributed by atoms with E-state index in [0.717, 1.165) is 25.2 Å². The largest absolute Gasteiger partial charge is 0.339 e. The van der Waals surface area contributed by atoms with Gasteiger partial charge < -0.3 is 10.2 Å². The highest BCUT2D eigenvalue weighted by atomic mass is 16.2. The molecule has 0 bridgehead atoms. The molecule has 0 unspecified atom stereocenters. The Labute approximate surface area is 116 Å². The minimum Gasteiger partial charge on any atom is -0.339 e. The van der Waals surface area contributed by atoms with E-state index in [0.29, 0.717) is 6.04 Å². The predicted octanol–water partition coefficient (Wildman–Crippen LogP) is 2.09. The molecule has 1 aliphatic heterocycles. The van der Waals surface area contributed by atoms with E-state index in [9.17, 15) is 4.79 Å². The van der Waals surface area contributed by atoms with E-state index >= 15 is 0 Å². The third-order valence-electron chi connectivity index (χ3n) is 3.96. The SMILES string of the molecule is Cc1ccc(C(C)(C)C(=O)N2CCN[C@@H](C)C2)cc1. The number of piperazine rings is 1. The van der Waals surface area contributed by atoms with Crippen LogP contribution in [0.4, 0.5) is 0 Å². The van der Waals surface area contributed by atoms with Gasteiger partial charge in [-0.15, -0.1) is 0 Å².